The molecular formula is C13H17N3O. The van der Waals surface area contributed by atoms with Gasteiger partial charge >= 0.3 is 0 Å². The lowest BCUT2D eigenvalue weighted by Crippen LogP contribution is -2.43. The summed E-state index contributed by atoms with van der Waals surface area (Å²) in [6.45, 7) is 8.58. The molecule has 90 valence electrons. The van der Waals surface area contributed by atoms with Gasteiger partial charge in [-0.3, -0.25) is 9.78 Å². The van der Waals surface area contributed by atoms with Gasteiger partial charge in [0.25, 0.3) is 5.91 Å². The summed E-state index contributed by atoms with van der Waals surface area (Å²) < 4.78 is 0. The van der Waals surface area contributed by atoms with Gasteiger partial charge in [-0.15, -0.1) is 0 Å². The third-order valence-corrected chi connectivity index (χ3v) is 3.32. The molecule has 1 aromatic heterocycles. The van der Waals surface area contributed by atoms with Crippen LogP contribution in [0.25, 0.3) is 0 Å². The Hall–Kier alpha value is -1.84. The van der Waals surface area contributed by atoms with E-state index in [1.165, 1.54) is 0 Å². The van der Waals surface area contributed by atoms with E-state index in [-0.39, 0.29) is 11.4 Å². The number of rotatable bonds is 1. The molecule has 0 aromatic carbocycles. The Balaban J connectivity index is 2.31. The molecule has 0 radical (unpaired) electrons. The van der Waals surface area contributed by atoms with Gasteiger partial charge in [-0.2, -0.15) is 0 Å². The van der Waals surface area contributed by atoms with Crippen molar-refractivity contribution in [1.29, 1.82) is 0 Å². The zero-order valence-electron chi connectivity index (χ0n) is 10.5. The Bertz CT molecular complexity index is 453. The first-order valence-electron chi connectivity index (χ1n) is 5.58. The van der Waals surface area contributed by atoms with Crippen LogP contribution in [0.4, 0.5) is 0 Å². The number of pyridine rings is 1. The number of hydrogen-bond donors (Lipinski definition) is 0. The summed E-state index contributed by atoms with van der Waals surface area (Å²) in [6.07, 6.45) is 1.63. The maximum Gasteiger partial charge on any atom is 0.274 e. The normalized spacial score (nSPS) is 18.6. The molecule has 1 saturated heterocycles. The van der Waals surface area contributed by atoms with Crippen LogP contribution in [0.1, 0.15) is 24.3 Å². The van der Waals surface area contributed by atoms with Crippen molar-refractivity contribution in [3.63, 3.8) is 0 Å². The summed E-state index contributed by atoms with van der Waals surface area (Å²) in [7, 11) is 1.94. The minimum absolute atomic E-state index is 0.0545. The molecule has 0 N–H and O–H groups in total. The largest absolute Gasteiger partial charge is 0.359 e. The summed E-state index contributed by atoms with van der Waals surface area (Å²) in [4.78, 5) is 20.2. The van der Waals surface area contributed by atoms with E-state index < -0.39 is 0 Å². The number of carbonyl (C=O) groups excluding carboxylic acids is 1. The summed E-state index contributed by atoms with van der Waals surface area (Å²) >= 11 is 0. The van der Waals surface area contributed by atoms with Crippen LogP contribution in [-0.4, -0.2) is 39.9 Å². The lowest BCUT2D eigenvalue weighted by molar-refractivity contribution is 0.0650. The van der Waals surface area contributed by atoms with E-state index >= 15 is 0 Å². The third-order valence-electron chi connectivity index (χ3n) is 3.32. The van der Waals surface area contributed by atoms with Crippen molar-refractivity contribution < 1.29 is 4.79 Å². The predicted octanol–water partition coefficient (Wildman–Crippen LogP) is 1.72. The highest BCUT2D eigenvalue weighted by molar-refractivity contribution is 5.93. The van der Waals surface area contributed by atoms with E-state index in [0.717, 1.165) is 5.70 Å². The van der Waals surface area contributed by atoms with E-state index in [9.17, 15) is 4.79 Å². The van der Waals surface area contributed by atoms with E-state index in [2.05, 4.69) is 11.6 Å². The predicted molar refractivity (Wildman–Crippen MR) is 66.3 cm³/mol. The molecule has 4 heteroatoms. The van der Waals surface area contributed by atoms with Crippen LogP contribution in [-0.2, 0) is 0 Å². The monoisotopic (exact) mass is 231 g/mol. The Morgan fingerprint density at radius 1 is 1.47 bits per heavy atom. The zero-order valence-corrected chi connectivity index (χ0v) is 10.5. The van der Waals surface area contributed by atoms with Crippen LogP contribution in [0.15, 0.2) is 36.7 Å². The SMILES string of the molecule is C=C1N(C)CN(C(=O)c2ccccn2)C1(C)C. The van der Waals surface area contributed by atoms with Gasteiger partial charge in [-0.1, -0.05) is 12.6 Å². The first-order valence-corrected chi connectivity index (χ1v) is 5.58. The van der Waals surface area contributed by atoms with E-state index in [4.69, 9.17) is 0 Å². The smallest absolute Gasteiger partial charge is 0.274 e. The molecule has 17 heavy (non-hydrogen) atoms. The molecule has 2 rings (SSSR count). The number of likely N-dealkylation sites (N-methyl/N-ethyl adjacent to an activating group) is 1. The van der Waals surface area contributed by atoms with Gasteiger partial charge in [0.1, 0.15) is 5.69 Å². The number of hydrogen-bond acceptors (Lipinski definition) is 3. The zero-order chi connectivity index (χ0) is 12.6. The van der Waals surface area contributed by atoms with Crippen molar-refractivity contribution in [1.82, 2.24) is 14.8 Å². The fraction of sp³-hybridized carbons (Fsp3) is 0.385. The van der Waals surface area contributed by atoms with Gasteiger partial charge in [-0.25, -0.2) is 0 Å². The molecule has 0 bridgehead atoms. The minimum Gasteiger partial charge on any atom is -0.359 e. The second kappa shape index (κ2) is 3.87. The molecule has 0 aliphatic carbocycles. The van der Waals surface area contributed by atoms with E-state index in [1.807, 2.05) is 31.9 Å². The summed E-state index contributed by atoms with van der Waals surface area (Å²) in [5, 5.41) is 0. The van der Waals surface area contributed by atoms with Crippen LogP contribution >= 0.6 is 0 Å². The van der Waals surface area contributed by atoms with E-state index in [1.54, 1.807) is 23.2 Å². The van der Waals surface area contributed by atoms with Crippen molar-refractivity contribution >= 4 is 5.91 Å². The molecule has 0 atom stereocenters. The molecule has 0 spiro atoms. The van der Waals surface area contributed by atoms with Crippen molar-refractivity contribution in [3.05, 3.63) is 42.4 Å². The molecule has 2 heterocycles. The van der Waals surface area contributed by atoms with Crippen LogP contribution in [0.2, 0.25) is 0 Å². The number of nitrogens with zero attached hydrogens (tertiary/aromatic N) is 3. The van der Waals surface area contributed by atoms with E-state index in [0.29, 0.717) is 12.4 Å². The number of aromatic nitrogens is 1. The van der Waals surface area contributed by atoms with Crippen LogP contribution < -0.4 is 0 Å². The van der Waals surface area contributed by atoms with Gasteiger partial charge in [-0.05, 0) is 26.0 Å². The van der Waals surface area contributed by atoms with Crippen LogP contribution in [0.5, 0.6) is 0 Å². The molecule has 4 nitrogen and oxygen atoms in total. The Kier molecular flexibility index (Phi) is 2.65. The fourth-order valence-corrected chi connectivity index (χ4v) is 2.04. The Labute approximate surface area is 102 Å². The quantitative estimate of drug-likeness (QED) is 0.738. The number of carbonyl (C=O) groups is 1. The van der Waals surface area contributed by atoms with Crippen molar-refractivity contribution in [2.24, 2.45) is 0 Å². The summed E-state index contributed by atoms with van der Waals surface area (Å²) in [6, 6.07) is 5.36. The average Bonchev–Trinajstić information content (AvgIpc) is 2.53. The van der Waals surface area contributed by atoms with Gasteiger partial charge in [0, 0.05) is 18.9 Å². The fourth-order valence-electron chi connectivity index (χ4n) is 2.04. The Morgan fingerprint density at radius 2 is 2.18 bits per heavy atom. The molecule has 1 aliphatic heterocycles. The highest BCUT2D eigenvalue weighted by atomic mass is 16.2. The highest BCUT2D eigenvalue weighted by Crippen LogP contribution is 2.32. The van der Waals surface area contributed by atoms with Gasteiger partial charge in [0.15, 0.2) is 0 Å². The summed E-state index contributed by atoms with van der Waals surface area (Å²) in [5.41, 5.74) is 1.06. The maximum atomic E-state index is 12.3. The molecule has 1 aromatic rings. The number of amides is 1. The second-order valence-electron chi connectivity index (χ2n) is 4.79. The van der Waals surface area contributed by atoms with Crippen LogP contribution in [0, 0.1) is 0 Å². The van der Waals surface area contributed by atoms with Crippen molar-refractivity contribution in [2.75, 3.05) is 13.7 Å². The van der Waals surface area contributed by atoms with Gasteiger partial charge < -0.3 is 9.80 Å². The Morgan fingerprint density at radius 3 is 2.65 bits per heavy atom. The summed E-state index contributed by atoms with van der Waals surface area (Å²) in [5.74, 6) is -0.0545. The first kappa shape index (κ1) is 11.6. The van der Waals surface area contributed by atoms with Crippen molar-refractivity contribution in [3.8, 4) is 0 Å². The highest BCUT2D eigenvalue weighted by Gasteiger charge is 2.42. The van der Waals surface area contributed by atoms with Gasteiger partial charge in [0.2, 0.25) is 0 Å². The lowest BCUT2D eigenvalue weighted by Gasteiger charge is -2.30. The molecule has 1 fully saturated rings. The average molecular weight is 231 g/mol. The second-order valence-corrected chi connectivity index (χ2v) is 4.79. The van der Waals surface area contributed by atoms with Gasteiger partial charge in [0.05, 0.1) is 12.2 Å². The third kappa shape index (κ3) is 1.79. The minimum atomic E-state index is -0.358. The molecule has 0 unspecified atom stereocenters. The molecule has 1 aliphatic rings. The molecule has 1 amide bonds. The lowest BCUT2D eigenvalue weighted by atomic mass is 10.0. The first-order chi connectivity index (χ1) is 7.94. The topological polar surface area (TPSA) is 36.4 Å². The molecular weight excluding hydrogens is 214 g/mol. The maximum absolute atomic E-state index is 12.3. The van der Waals surface area contributed by atoms with Crippen LogP contribution in [0.3, 0.4) is 0 Å². The van der Waals surface area contributed by atoms with Crippen molar-refractivity contribution in [2.45, 2.75) is 19.4 Å². The standard InChI is InChI=1S/C13H17N3O/c1-10-13(2,3)16(9-15(10)4)12(17)11-7-5-6-8-14-11/h5-8H,1,9H2,2-4H3. The molecule has 0 saturated carbocycles.